The van der Waals surface area contributed by atoms with Crippen LogP contribution in [0.5, 0.6) is 0 Å². The number of fused-ring (bicyclic) bond motifs is 1. The van der Waals surface area contributed by atoms with Crippen molar-refractivity contribution in [3.05, 3.63) is 36.0 Å². The SMILES string of the molecule is COC1CN(c2ncc(CCl)c3ccccc23)CC1OC. The molecule has 21 heavy (non-hydrogen) atoms. The Bertz CT molecular complexity index is 623. The molecule has 0 bridgehead atoms. The lowest BCUT2D eigenvalue weighted by Gasteiger charge is -2.19. The van der Waals surface area contributed by atoms with E-state index in [4.69, 9.17) is 21.1 Å². The molecule has 2 atom stereocenters. The highest BCUT2D eigenvalue weighted by atomic mass is 35.5. The summed E-state index contributed by atoms with van der Waals surface area (Å²) in [5.41, 5.74) is 1.06. The lowest BCUT2D eigenvalue weighted by Crippen LogP contribution is -2.27. The fourth-order valence-corrected chi connectivity index (χ4v) is 3.18. The summed E-state index contributed by atoms with van der Waals surface area (Å²) in [6.45, 7) is 1.57. The van der Waals surface area contributed by atoms with Crippen LogP contribution in [0.1, 0.15) is 5.56 Å². The molecule has 112 valence electrons. The molecule has 4 nitrogen and oxygen atoms in total. The zero-order valence-electron chi connectivity index (χ0n) is 12.3. The molecule has 2 aromatic rings. The van der Waals surface area contributed by atoms with Gasteiger partial charge in [-0.3, -0.25) is 0 Å². The first-order chi connectivity index (χ1) is 10.3. The molecule has 1 aromatic heterocycles. The number of halogens is 1. The van der Waals surface area contributed by atoms with Crippen molar-refractivity contribution in [2.75, 3.05) is 32.2 Å². The minimum Gasteiger partial charge on any atom is -0.377 e. The molecule has 1 aromatic carbocycles. The van der Waals surface area contributed by atoms with E-state index >= 15 is 0 Å². The van der Waals surface area contributed by atoms with Gasteiger partial charge in [-0.15, -0.1) is 11.6 Å². The van der Waals surface area contributed by atoms with Crippen molar-refractivity contribution in [1.29, 1.82) is 0 Å². The minimum absolute atomic E-state index is 0.0725. The maximum atomic E-state index is 6.02. The van der Waals surface area contributed by atoms with Gasteiger partial charge in [-0.25, -0.2) is 4.98 Å². The second-order valence-corrected chi connectivity index (χ2v) is 5.51. The summed E-state index contributed by atoms with van der Waals surface area (Å²) in [4.78, 5) is 6.85. The van der Waals surface area contributed by atoms with Gasteiger partial charge in [0.05, 0.1) is 0 Å². The van der Waals surface area contributed by atoms with Crippen LogP contribution in [0, 0.1) is 0 Å². The average Bonchev–Trinajstić information content (AvgIpc) is 2.97. The molecule has 0 spiro atoms. The third kappa shape index (κ3) is 2.59. The van der Waals surface area contributed by atoms with Crippen molar-refractivity contribution in [2.45, 2.75) is 18.1 Å². The van der Waals surface area contributed by atoms with Crippen molar-refractivity contribution >= 4 is 28.2 Å². The molecule has 1 aliphatic rings. The summed E-state index contributed by atoms with van der Waals surface area (Å²) < 4.78 is 11.0. The van der Waals surface area contributed by atoms with Gasteiger partial charge in [0.15, 0.2) is 0 Å². The number of alkyl halides is 1. The lowest BCUT2D eigenvalue weighted by atomic mass is 10.1. The fraction of sp³-hybridized carbons (Fsp3) is 0.438. The number of pyridine rings is 1. The molecule has 1 aliphatic heterocycles. The monoisotopic (exact) mass is 306 g/mol. The van der Waals surface area contributed by atoms with Gasteiger partial charge in [-0.1, -0.05) is 24.3 Å². The van der Waals surface area contributed by atoms with Crippen LogP contribution in [0.3, 0.4) is 0 Å². The maximum absolute atomic E-state index is 6.02. The number of nitrogens with zero attached hydrogens (tertiary/aromatic N) is 2. The Morgan fingerprint density at radius 1 is 1.14 bits per heavy atom. The van der Waals surface area contributed by atoms with E-state index in [0.717, 1.165) is 35.2 Å². The smallest absolute Gasteiger partial charge is 0.136 e. The van der Waals surface area contributed by atoms with Crippen molar-refractivity contribution in [1.82, 2.24) is 4.98 Å². The number of anilines is 1. The molecule has 1 saturated heterocycles. The number of hydrogen-bond acceptors (Lipinski definition) is 4. The van der Waals surface area contributed by atoms with Gasteiger partial charge in [-0.05, 0) is 10.9 Å². The standard InChI is InChI=1S/C16H19ClN2O2/c1-20-14-9-19(10-15(14)21-2)16-13-6-4-3-5-12(13)11(7-17)8-18-16/h3-6,8,14-15H,7,9-10H2,1-2H3. The second-order valence-electron chi connectivity index (χ2n) is 5.24. The zero-order valence-corrected chi connectivity index (χ0v) is 13.0. The topological polar surface area (TPSA) is 34.6 Å². The lowest BCUT2D eigenvalue weighted by molar-refractivity contribution is -0.00461. The van der Waals surface area contributed by atoms with E-state index in [0.29, 0.717) is 5.88 Å². The normalized spacial score (nSPS) is 22.1. The number of aromatic nitrogens is 1. The summed E-state index contributed by atoms with van der Waals surface area (Å²) in [5, 5.41) is 2.29. The summed E-state index contributed by atoms with van der Waals surface area (Å²) in [6.07, 6.45) is 2.01. The van der Waals surface area contributed by atoms with Crippen LogP contribution in [0.25, 0.3) is 10.8 Å². The van der Waals surface area contributed by atoms with E-state index in [1.807, 2.05) is 18.3 Å². The van der Waals surface area contributed by atoms with E-state index in [-0.39, 0.29) is 12.2 Å². The summed E-state index contributed by atoms with van der Waals surface area (Å²) in [5.74, 6) is 1.44. The Morgan fingerprint density at radius 2 is 1.76 bits per heavy atom. The highest BCUT2D eigenvalue weighted by molar-refractivity contribution is 6.18. The molecule has 0 amide bonds. The first-order valence-corrected chi connectivity index (χ1v) is 7.55. The summed E-state index contributed by atoms with van der Waals surface area (Å²) >= 11 is 6.02. The predicted molar refractivity (Wildman–Crippen MR) is 85.1 cm³/mol. The number of hydrogen-bond donors (Lipinski definition) is 0. The van der Waals surface area contributed by atoms with Crippen LogP contribution in [-0.2, 0) is 15.4 Å². The molecule has 0 radical (unpaired) electrons. The van der Waals surface area contributed by atoms with E-state index in [1.165, 1.54) is 0 Å². The Kier molecular flexibility index (Phi) is 4.29. The highest BCUT2D eigenvalue weighted by Crippen LogP contribution is 2.31. The maximum Gasteiger partial charge on any atom is 0.136 e. The molecular weight excluding hydrogens is 288 g/mol. The third-order valence-electron chi connectivity index (χ3n) is 4.12. The molecule has 1 fully saturated rings. The van der Waals surface area contributed by atoms with Crippen LogP contribution < -0.4 is 4.90 Å². The number of benzene rings is 1. The van der Waals surface area contributed by atoms with Gasteiger partial charge in [0.2, 0.25) is 0 Å². The largest absolute Gasteiger partial charge is 0.377 e. The fourth-order valence-electron chi connectivity index (χ4n) is 2.96. The Balaban J connectivity index is 2.02. The van der Waals surface area contributed by atoms with Crippen LogP contribution in [-0.4, -0.2) is 44.5 Å². The summed E-state index contributed by atoms with van der Waals surface area (Å²) in [7, 11) is 3.45. The average molecular weight is 307 g/mol. The van der Waals surface area contributed by atoms with Crippen molar-refractivity contribution in [3.8, 4) is 0 Å². The van der Waals surface area contributed by atoms with Crippen molar-refractivity contribution < 1.29 is 9.47 Å². The molecule has 0 aliphatic carbocycles. The second kappa shape index (κ2) is 6.18. The molecule has 0 saturated carbocycles. The first-order valence-electron chi connectivity index (χ1n) is 7.01. The Labute approximate surface area is 129 Å². The van der Waals surface area contributed by atoms with Crippen molar-refractivity contribution in [2.24, 2.45) is 0 Å². The van der Waals surface area contributed by atoms with E-state index in [2.05, 4.69) is 22.0 Å². The highest BCUT2D eigenvalue weighted by Gasteiger charge is 2.34. The van der Waals surface area contributed by atoms with Crippen LogP contribution in [0.2, 0.25) is 0 Å². The third-order valence-corrected chi connectivity index (χ3v) is 4.41. The Hall–Kier alpha value is -1.36. The van der Waals surface area contributed by atoms with Crippen LogP contribution in [0.15, 0.2) is 30.5 Å². The van der Waals surface area contributed by atoms with E-state index < -0.39 is 0 Å². The molecule has 0 N–H and O–H groups in total. The molecular formula is C16H19ClN2O2. The molecule has 2 unspecified atom stereocenters. The zero-order chi connectivity index (χ0) is 14.8. The van der Waals surface area contributed by atoms with Gasteiger partial charge >= 0.3 is 0 Å². The minimum atomic E-state index is 0.0725. The van der Waals surface area contributed by atoms with Gasteiger partial charge < -0.3 is 14.4 Å². The molecule has 3 rings (SSSR count). The van der Waals surface area contributed by atoms with Gasteiger partial charge in [0.1, 0.15) is 18.0 Å². The molecule has 5 heteroatoms. The van der Waals surface area contributed by atoms with Crippen molar-refractivity contribution in [3.63, 3.8) is 0 Å². The predicted octanol–water partition coefficient (Wildman–Crippen LogP) is 2.82. The summed E-state index contributed by atoms with van der Waals surface area (Å²) in [6, 6.07) is 8.25. The van der Waals surface area contributed by atoms with Gasteiger partial charge in [0.25, 0.3) is 0 Å². The number of ether oxygens (including phenoxy) is 2. The molecule has 2 heterocycles. The first kappa shape index (κ1) is 14.6. The van der Waals surface area contributed by atoms with Gasteiger partial charge in [-0.2, -0.15) is 0 Å². The Morgan fingerprint density at radius 3 is 2.33 bits per heavy atom. The number of rotatable bonds is 4. The number of methoxy groups -OCH3 is 2. The van der Waals surface area contributed by atoms with Crippen LogP contribution >= 0.6 is 11.6 Å². The quantitative estimate of drug-likeness (QED) is 0.814. The van der Waals surface area contributed by atoms with E-state index in [1.54, 1.807) is 14.2 Å². The van der Waals surface area contributed by atoms with Crippen LogP contribution in [0.4, 0.5) is 5.82 Å². The van der Waals surface area contributed by atoms with Gasteiger partial charge in [0, 0.05) is 44.8 Å². The van der Waals surface area contributed by atoms with E-state index in [9.17, 15) is 0 Å².